The summed E-state index contributed by atoms with van der Waals surface area (Å²) in [4.78, 5) is 23.8. The fraction of sp³-hybridized carbons (Fsp3) is 0.125. The van der Waals surface area contributed by atoms with Crippen molar-refractivity contribution in [3.05, 3.63) is 64.2 Å². The Kier molecular flexibility index (Phi) is 5.81. The fourth-order valence-corrected chi connectivity index (χ4v) is 2.62. The first-order valence-corrected chi connectivity index (χ1v) is 8.91. The molecule has 11 heteroatoms. The van der Waals surface area contributed by atoms with Crippen molar-refractivity contribution in [3.8, 4) is 5.75 Å². The quantitative estimate of drug-likeness (QED) is 0.438. The van der Waals surface area contributed by atoms with Crippen LogP contribution < -0.4 is 9.92 Å². The first kappa shape index (κ1) is 20.7. The molecule has 0 radical (unpaired) electrons. The van der Waals surface area contributed by atoms with Crippen LogP contribution in [-0.2, 0) is 16.5 Å². The van der Waals surface area contributed by atoms with Gasteiger partial charge in [-0.1, -0.05) is 23.7 Å². The summed E-state index contributed by atoms with van der Waals surface area (Å²) in [6, 6.07) is 8.59. The Balaban J connectivity index is 2.45. The van der Waals surface area contributed by atoms with E-state index < -0.39 is 38.6 Å². The number of ketones is 1. The SMILES string of the molecule is NC(=O)c1ccc(OS(=O)(=O)C(F)(F)F)c(C(=O)Cc2ccc(Cl)cc2)c1. The summed E-state index contributed by atoms with van der Waals surface area (Å²) < 4.78 is 64.2. The summed E-state index contributed by atoms with van der Waals surface area (Å²) in [5.74, 6) is -2.61. The molecule has 0 saturated carbocycles. The molecule has 0 atom stereocenters. The van der Waals surface area contributed by atoms with Gasteiger partial charge in [-0.05, 0) is 35.9 Å². The molecule has 144 valence electrons. The Labute approximate surface area is 156 Å². The molecule has 6 nitrogen and oxygen atoms in total. The molecule has 0 aliphatic carbocycles. The molecule has 2 rings (SSSR count). The zero-order valence-electron chi connectivity index (χ0n) is 13.3. The topological polar surface area (TPSA) is 104 Å². The highest BCUT2D eigenvalue weighted by Crippen LogP contribution is 2.30. The Hall–Kier alpha value is -2.59. The van der Waals surface area contributed by atoms with Crippen molar-refractivity contribution in [2.45, 2.75) is 11.9 Å². The minimum atomic E-state index is -6.00. The van der Waals surface area contributed by atoms with Crippen molar-refractivity contribution in [1.29, 1.82) is 0 Å². The molecule has 2 aromatic carbocycles. The molecule has 0 aliphatic heterocycles. The average molecular weight is 422 g/mol. The molecule has 27 heavy (non-hydrogen) atoms. The van der Waals surface area contributed by atoms with Crippen LogP contribution in [-0.4, -0.2) is 25.6 Å². The molecule has 1 amide bonds. The van der Waals surface area contributed by atoms with E-state index in [9.17, 15) is 31.2 Å². The number of carbonyl (C=O) groups is 2. The molecular formula is C16H11ClF3NO5S. The standard InChI is InChI=1S/C16H11ClF3NO5S/c17-11-4-1-9(2-5-11)7-13(22)12-8-10(15(21)23)3-6-14(12)26-27(24,25)16(18,19)20/h1-6,8H,7H2,(H2,21,23). The smallest absolute Gasteiger partial charge is 0.375 e. The van der Waals surface area contributed by atoms with Gasteiger partial charge in [-0.25, -0.2) is 0 Å². The van der Waals surface area contributed by atoms with Crippen molar-refractivity contribution in [3.63, 3.8) is 0 Å². The number of halogens is 4. The molecule has 0 bridgehead atoms. The molecule has 0 fully saturated rings. The van der Waals surface area contributed by atoms with Crippen LogP contribution in [0.4, 0.5) is 13.2 Å². The van der Waals surface area contributed by atoms with E-state index in [1.807, 2.05) is 0 Å². The lowest BCUT2D eigenvalue weighted by Crippen LogP contribution is -2.28. The number of primary amides is 1. The second-order valence-corrected chi connectivity index (χ2v) is 7.26. The van der Waals surface area contributed by atoms with E-state index in [4.69, 9.17) is 17.3 Å². The van der Waals surface area contributed by atoms with Gasteiger partial charge in [-0.15, -0.1) is 0 Å². The van der Waals surface area contributed by atoms with Crippen molar-refractivity contribution >= 4 is 33.4 Å². The van der Waals surface area contributed by atoms with Crippen LogP contribution >= 0.6 is 11.6 Å². The van der Waals surface area contributed by atoms with E-state index in [-0.39, 0.29) is 12.0 Å². The van der Waals surface area contributed by atoms with E-state index in [1.165, 1.54) is 24.3 Å². The second kappa shape index (κ2) is 7.57. The first-order chi connectivity index (χ1) is 12.4. The molecule has 0 heterocycles. The highest BCUT2D eigenvalue weighted by Gasteiger charge is 2.49. The highest BCUT2D eigenvalue weighted by molar-refractivity contribution is 7.88. The van der Waals surface area contributed by atoms with Gasteiger partial charge in [0.1, 0.15) is 0 Å². The highest BCUT2D eigenvalue weighted by atomic mass is 35.5. The van der Waals surface area contributed by atoms with Crippen molar-refractivity contribution < 1.29 is 35.4 Å². The molecular weight excluding hydrogens is 411 g/mol. The monoisotopic (exact) mass is 421 g/mol. The molecule has 0 aromatic heterocycles. The minimum Gasteiger partial charge on any atom is -0.375 e. The molecule has 0 aliphatic rings. The van der Waals surface area contributed by atoms with Crippen LogP contribution in [0.3, 0.4) is 0 Å². The zero-order chi connectivity index (χ0) is 20.4. The second-order valence-electron chi connectivity index (χ2n) is 5.28. The van der Waals surface area contributed by atoms with E-state index in [2.05, 4.69) is 4.18 Å². The number of Topliss-reactive ketones (excluding diaryl/α,β-unsaturated/α-hetero) is 1. The van der Waals surface area contributed by atoms with Gasteiger partial charge in [0.25, 0.3) is 0 Å². The van der Waals surface area contributed by atoms with Crippen molar-refractivity contribution in [1.82, 2.24) is 0 Å². The summed E-state index contributed by atoms with van der Waals surface area (Å²) in [6.45, 7) is 0. The van der Waals surface area contributed by atoms with Gasteiger partial charge in [0, 0.05) is 17.0 Å². The van der Waals surface area contributed by atoms with Gasteiger partial charge in [-0.3, -0.25) is 9.59 Å². The maximum Gasteiger partial charge on any atom is 0.534 e. The predicted octanol–water partition coefficient (Wildman–Crippen LogP) is 3.09. The third-order valence-electron chi connectivity index (χ3n) is 3.33. The van der Waals surface area contributed by atoms with Crippen LogP contribution in [0, 0.1) is 0 Å². The number of benzene rings is 2. The Morgan fingerprint density at radius 3 is 2.19 bits per heavy atom. The van der Waals surface area contributed by atoms with Gasteiger partial charge in [0.15, 0.2) is 11.5 Å². The van der Waals surface area contributed by atoms with Crippen LogP contribution in [0.15, 0.2) is 42.5 Å². The number of hydrogen-bond donors (Lipinski definition) is 1. The first-order valence-electron chi connectivity index (χ1n) is 7.13. The lowest BCUT2D eigenvalue weighted by Gasteiger charge is -2.13. The molecule has 0 saturated heterocycles. The van der Waals surface area contributed by atoms with Crippen LogP contribution in [0.25, 0.3) is 0 Å². The van der Waals surface area contributed by atoms with Gasteiger partial charge < -0.3 is 9.92 Å². The summed E-state index contributed by atoms with van der Waals surface area (Å²) in [5, 5.41) is 0.405. The minimum absolute atomic E-state index is 0.203. The number of hydrogen-bond acceptors (Lipinski definition) is 5. The normalized spacial score (nSPS) is 11.9. The third-order valence-corrected chi connectivity index (χ3v) is 4.54. The van der Waals surface area contributed by atoms with E-state index >= 15 is 0 Å². The number of rotatable bonds is 6. The lowest BCUT2D eigenvalue weighted by atomic mass is 10.00. The van der Waals surface area contributed by atoms with Gasteiger partial charge in [-0.2, -0.15) is 21.6 Å². The maximum atomic E-state index is 12.6. The number of amides is 1. The van der Waals surface area contributed by atoms with Gasteiger partial charge in [0.05, 0.1) is 5.56 Å². The Morgan fingerprint density at radius 1 is 1.07 bits per heavy atom. The molecule has 0 unspecified atom stereocenters. The zero-order valence-corrected chi connectivity index (χ0v) is 14.9. The predicted molar refractivity (Wildman–Crippen MR) is 90.0 cm³/mol. The Morgan fingerprint density at radius 2 is 1.67 bits per heavy atom. The van der Waals surface area contributed by atoms with Crippen LogP contribution in [0.2, 0.25) is 5.02 Å². The molecule has 2 N–H and O–H groups in total. The molecule has 2 aromatic rings. The summed E-state index contributed by atoms with van der Waals surface area (Å²) in [5.41, 5.74) is -0.873. The van der Waals surface area contributed by atoms with Crippen molar-refractivity contribution in [2.24, 2.45) is 5.73 Å². The summed E-state index contributed by atoms with van der Waals surface area (Å²) in [6.07, 6.45) is -0.304. The number of nitrogens with two attached hydrogens (primary N) is 1. The maximum absolute atomic E-state index is 12.6. The lowest BCUT2D eigenvalue weighted by molar-refractivity contribution is -0.0500. The average Bonchev–Trinajstić information content (AvgIpc) is 2.55. The van der Waals surface area contributed by atoms with E-state index in [1.54, 1.807) is 0 Å². The van der Waals surface area contributed by atoms with Gasteiger partial charge >= 0.3 is 15.6 Å². The third kappa shape index (κ3) is 4.98. The van der Waals surface area contributed by atoms with Crippen LogP contribution in [0.1, 0.15) is 26.3 Å². The summed E-state index contributed by atoms with van der Waals surface area (Å²) >= 11 is 5.73. The van der Waals surface area contributed by atoms with E-state index in [0.717, 1.165) is 18.2 Å². The summed E-state index contributed by atoms with van der Waals surface area (Å²) in [7, 11) is -6.00. The van der Waals surface area contributed by atoms with E-state index in [0.29, 0.717) is 10.6 Å². The van der Waals surface area contributed by atoms with Gasteiger partial charge in [0.2, 0.25) is 5.91 Å². The largest absolute Gasteiger partial charge is 0.534 e. The number of carbonyl (C=O) groups excluding carboxylic acids is 2. The fourth-order valence-electron chi connectivity index (χ4n) is 2.02. The number of alkyl halides is 3. The molecule has 0 spiro atoms. The van der Waals surface area contributed by atoms with Crippen LogP contribution in [0.5, 0.6) is 5.75 Å². The van der Waals surface area contributed by atoms with Crippen molar-refractivity contribution in [2.75, 3.05) is 0 Å². The Bertz CT molecular complexity index is 988.